The van der Waals surface area contributed by atoms with Crippen molar-refractivity contribution in [1.29, 1.82) is 0 Å². The van der Waals surface area contributed by atoms with Crippen LogP contribution in [0.1, 0.15) is 82.4 Å². The van der Waals surface area contributed by atoms with Crippen molar-refractivity contribution in [2.75, 3.05) is 104 Å². The number of ether oxygens (including phenoxy) is 4. The summed E-state index contributed by atoms with van der Waals surface area (Å²) in [6.07, 6.45) is 11.2. The van der Waals surface area contributed by atoms with Crippen molar-refractivity contribution in [3.8, 4) is 11.1 Å². The van der Waals surface area contributed by atoms with Crippen LogP contribution in [0, 0.1) is 0 Å². The number of sulfonamides is 1. The minimum Gasteiger partial charge on any atom is -0.393 e. The summed E-state index contributed by atoms with van der Waals surface area (Å²) in [6.45, 7) is 9.52. The first kappa shape index (κ1) is 52.3. The van der Waals surface area contributed by atoms with E-state index in [9.17, 15) is 27.9 Å². The number of aryl methyl sites for hydroxylation is 2. The van der Waals surface area contributed by atoms with Crippen molar-refractivity contribution in [2.45, 2.75) is 94.2 Å². The Balaban J connectivity index is 0.675. The number of nitrogens with zero attached hydrogens (tertiary/aromatic N) is 8. The molecule has 3 fully saturated rings. The number of carbonyl (C=O) groups is 2. The fraction of sp³-hybridized carbons (Fsp3) is 0.588. The number of unbranched alkanes of at least 4 members (excludes halogenated alkanes) is 1. The maximum absolute atomic E-state index is 13.8. The number of imidazole rings is 1. The zero-order valence-electron chi connectivity index (χ0n) is 41.5. The number of hydrogen-bond donors (Lipinski definition) is 2. The molecule has 2 amide bonds. The van der Waals surface area contributed by atoms with E-state index >= 15 is 0 Å². The third-order valence-electron chi connectivity index (χ3n) is 14.1. The molecule has 0 spiro atoms. The van der Waals surface area contributed by atoms with Crippen LogP contribution in [0.2, 0.25) is 0 Å². The van der Waals surface area contributed by atoms with Gasteiger partial charge in [-0.05, 0) is 86.8 Å². The molecule has 2 aliphatic heterocycles. The van der Waals surface area contributed by atoms with Gasteiger partial charge in [-0.1, -0.05) is 31.5 Å². The van der Waals surface area contributed by atoms with E-state index in [0.717, 1.165) is 96.1 Å². The van der Waals surface area contributed by atoms with E-state index in [-0.39, 0.29) is 41.0 Å². The van der Waals surface area contributed by atoms with Gasteiger partial charge in [-0.25, -0.2) is 18.2 Å². The highest BCUT2D eigenvalue weighted by molar-refractivity contribution is 7.89. The molecule has 3 aliphatic rings. The van der Waals surface area contributed by atoms with Crippen LogP contribution in [0.4, 0.5) is 5.95 Å². The average Bonchev–Trinajstić information content (AvgIpc) is 3.88. The van der Waals surface area contributed by atoms with Crippen molar-refractivity contribution in [3.05, 3.63) is 70.9 Å². The van der Waals surface area contributed by atoms with Crippen molar-refractivity contribution in [1.82, 2.24) is 37.8 Å². The number of carbonyl (C=O) groups excluding carboxylic acids is 2. The summed E-state index contributed by atoms with van der Waals surface area (Å²) in [4.78, 5) is 51.1. The number of likely N-dealkylation sites (tertiary alicyclic amines) is 1. The molecule has 8 rings (SSSR count). The predicted molar refractivity (Wildman–Crippen MR) is 270 cm³/mol. The molecule has 0 bridgehead atoms. The van der Waals surface area contributed by atoms with Gasteiger partial charge in [0.2, 0.25) is 21.9 Å². The summed E-state index contributed by atoms with van der Waals surface area (Å²) in [5.41, 5.74) is 4.93. The van der Waals surface area contributed by atoms with Crippen LogP contribution in [-0.2, 0) is 52.0 Å². The molecule has 2 aromatic carbocycles. The molecule has 71 heavy (non-hydrogen) atoms. The number of aliphatic hydroxyl groups excluding tert-OH is 1. The van der Waals surface area contributed by atoms with Gasteiger partial charge in [0.25, 0.3) is 5.91 Å². The summed E-state index contributed by atoms with van der Waals surface area (Å²) in [7, 11) is -0.508. The molecule has 2 N–H and O–H groups in total. The standard InChI is InChI=1S/C51H71N9O10S/c1-4-5-20-52-50-53-35-42-43(36-59(48(42)54-50)39-11-13-40(61)14-12-39)38-9-15-41(16-10-38)71(65,66)58-23-21-57(22-24-58)25-27-68-29-31-70-33-32-69-30-28-67-26-6-7-37-8-17-44-46(34-37)55(2)51(64)60(44)45-18-19-47(62)56(3)49(45)63/h8-10,15-17,34-36,39-40,45,61H,4-7,11-14,18-33H2,1-3H3,(H,52,53,54)/t39?,40?,45-/m0/s1. The first-order valence-corrected chi connectivity index (χ1v) is 26.8. The second-order valence-electron chi connectivity index (χ2n) is 18.8. The number of amides is 2. The van der Waals surface area contributed by atoms with Gasteiger partial charge in [0.1, 0.15) is 11.7 Å². The Morgan fingerprint density at radius 1 is 0.789 bits per heavy atom. The average molecular weight is 1000 g/mol. The van der Waals surface area contributed by atoms with Crippen LogP contribution < -0.4 is 11.0 Å². The van der Waals surface area contributed by atoms with Crippen molar-refractivity contribution < 1.29 is 42.1 Å². The number of piperidine rings is 1. The molecule has 5 aromatic rings. The van der Waals surface area contributed by atoms with E-state index in [0.29, 0.717) is 103 Å². The highest BCUT2D eigenvalue weighted by Gasteiger charge is 2.35. The first-order valence-electron chi connectivity index (χ1n) is 25.4. The number of imide groups is 1. The Morgan fingerprint density at radius 2 is 1.46 bits per heavy atom. The largest absolute Gasteiger partial charge is 0.393 e. The van der Waals surface area contributed by atoms with E-state index in [4.69, 9.17) is 23.9 Å². The molecular weight excluding hydrogens is 931 g/mol. The van der Waals surface area contributed by atoms with Gasteiger partial charge >= 0.3 is 5.69 Å². The molecule has 386 valence electrons. The van der Waals surface area contributed by atoms with Gasteiger partial charge in [-0.3, -0.25) is 28.5 Å². The third-order valence-corrected chi connectivity index (χ3v) is 16.0. The van der Waals surface area contributed by atoms with Crippen LogP contribution in [0.3, 0.4) is 0 Å². The fourth-order valence-corrected chi connectivity index (χ4v) is 11.2. The minimum atomic E-state index is -3.68. The van der Waals surface area contributed by atoms with Crippen LogP contribution >= 0.6 is 0 Å². The Bertz CT molecular complexity index is 2740. The van der Waals surface area contributed by atoms with Crippen LogP contribution in [0.5, 0.6) is 0 Å². The summed E-state index contributed by atoms with van der Waals surface area (Å²) >= 11 is 0. The van der Waals surface area contributed by atoms with Crippen molar-refractivity contribution in [2.24, 2.45) is 7.05 Å². The summed E-state index contributed by atoms with van der Waals surface area (Å²) in [5.74, 6) is 0.0138. The van der Waals surface area contributed by atoms with Gasteiger partial charge in [0.05, 0.1) is 68.3 Å². The number of rotatable bonds is 25. The van der Waals surface area contributed by atoms with E-state index in [1.807, 2.05) is 36.5 Å². The smallest absolute Gasteiger partial charge is 0.329 e. The van der Waals surface area contributed by atoms with Gasteiger partial charge in [-0.15, -0.1) is 0 Å². The molecule has 3 aromatic heterocycles. The van der Waals surface area contributed by atoms with Gasteiger partial charge in [0.15, 0.2) is 0 Å². The lowest BCUT2D eigenvalue weighted by molar-refractivity contribution is -0.149. The van der Waals surface area contributed by atoms with Crippen molar-refractivity contribution in [3.63, 3.8) is 0 Å². The lowest BCUT2D eigenvalue weighted by Gasteiger charge is -2.33. The number of aromatic nitrogens is 5. The Kier molecular flexibility index (Phi) is 18.1. The first-order chi connectivity index (χ1) is 34.4. The number of fused-ring (bicyclic) bond motifs is 2. The van der Waals surface area contributed by atoms with Gasteiger partial charge < -0.3 is 33.9 Å². The zero-order valence-corrected chi connectivity index (χ0v) is 42.3. The Morgan fingerprint density at radius 3 is 2.15 bits per heavy atom. The van der Waals surface area contributed by atoms with E-state index in [2.05, 4.69) is 32.9 Å². The molecule has 20 heteroatoms. The second-order valence-corrected chi connectivity index (χ2v) is 20.8. The SMILES string of the molecule is CCCCNc1ncc2c(-c3ccc(S(=O)(=O)N4CCN(CCOCCOCCOCCOCCCc5ccc6c(c5)n(C)c(=O)n6[C@H]5CCC(=O)N(C)C5=O)CC4)cc3)cn(C3CCC(O)CC3)c2n1. The quantitative estimate of drug-likeness (QED) is 0.0598. The maximum atomic E-state index is 13.8. The van der Waals surface area contributed by atoms with Crippen LogP contribution in [0.25, 0.3) is 33.2 Å². The second kappa shape index (κ2) is 24.6. The number of benzene rings is 2. The molecule has 0 unspecified atom stereocenters. The lowest BCUT2D eigenvalue weighted by Crippen LogP contribution is -2.49. The Hall–Kier alpha value is -5.06. The van der Waals surface area contributed by atoms with Gasteiger partial charge in [-0.2, -0.15) is 9.29 Å². The number of nitrogens with one attached hydrogen (secondary N) is 1. The molecule has 0 radical (unpaired) electrons. The van der Waals surface area contributed by atoms with E-state index < -0.39 is 16.1 Å². The molecular formula is C51H71N9O10S. The molecule has 1 aliphatic carbocycles. The molecule has 1 saturated carbocycles. The highest BCUT2D eigenvalue weighted by atomic mass is 32.2. The molecule has 1 atom stereocenters. The molecule has 2 saturated heterocycles. The zero-order chi connectivity index (χ0) is 49.9. The number of likely N-dealkylation sites (N-methyl/N-ethyl adjacent to an activating group) is 1. The normalized spacial score (nSPS) is 19.7. The number of aliphatic hydroxyl groups is 1. The highest BCUT2D eigenvalue weighted by Crippen LogP contribution is 2.37. The van der Waals surface area contributed by atoms with E-state index in [1.54, 1.807) is 28.1 Å². The summed E-state index contributed by atoms with van der Waals surface area (Å²) in [6, 6.07) is 12.5. The van der Waals surface area contributed by atoms with Crippen molar-refractivity contribution >= 4 is 49.9 Å². The van der Waals surface area contributed by atoms with Crippen LogP contribution in [0.15, 0.2) is 64.5 Å². The number of piperazine rings is 1. The minimum absolute atomic E-state index is 0.215. The molecule has 5 heterocycles. The van der Waals surface area contributed by atoms with Gasteiger partial charge in [0, 0.05) is 95.8 Å². The summed E-state index contributed by atoms with van der Waals surface area (Å²) in [5, 5.41) is 14.4. The Labute approximate surface area is 416 Å². The fourth-order valence-electron chi connectivity index (χ4n) is 9.82. The predicted octanol–water partition coefficient (Wildman–Crippen LogP) is 4.77. The van der Waals surface area contributed by atoms with Crippen LogP contribution in [-0.4, -0.2) is 168 Å². The number of anilines is 1. The van der Waals surface area contributed by atoms with E-state index in [1.165, 1.54) is 11.6 Å². The monoisotopic (exact) mass is 1000 g/mol. The topological polar surface area (TPSA) is 205 Å². The third kappa shape index (κ3) is 12.6. The molecule has 19 nitrogen and oxygen atoms in total. The number of hydrogen-bond acceptors (Lipinski definition) is 14. The lowest BCUT2D eigenvalue weighted by atomic mass is 9.93. The summed E-state index contributed by atoms with van der Waals surface area (Å²) < 4.78 is 57.3. The maximum Gasteiger partial charge on any atom is 0.329 e.